The molecule has 1 aromatic heterocycles. The maximum absolute atomic E-state index is 12.3. The fourth-order valence-corrected chi connectivity index (χ4v) is 2.97. The maximum atomic E-state index is 12.3. The van der Waals surface area contributed by atoms with Crippen molar-refractivity contribution < 1.29 is 0 Å². The van der Waals surface area contributed by atoms with Gasteiger partial charge in [-0.05, 0) is 38.0 Å². The van der Waals surface area contributed by atoms with Crippen molar-refractivity contribution in [2.24, 2.45) is 13.0 Å². The number of nitrogens with two attached hydrogens (primary N) is 1. The number of anilines is 2. The summed E-state index contributed by atoms with van der Waals surface area (Å²) in [6.07, 6.45) is 5.19. The second-order valence-corrected chi connectivity index (χ2v) is 6.16. The molecule has 1 aromatic rings. The van der Waals surface area contributed by atoms with Crippen molar-refractivity contribution in [2.45, 2.75) is 58.5 Å². The lowest BCUT2D eigenvalue weighted by molar-refractivity contribution is 0.361. The molecule has 6 nitrogen and oxygen atoms in total. The Kier molecular flexibility index (Phi) is 4.75. The van der Waals surface area contributed by atoms with Crippen molar-refractivity contribution in [1.29, 1.82) is 0 Å². The fraction of sp³-hybridized carbons (Fsp3) is 0.733. The Bertz CT molecular complexity index is 609. The van der Waals surface area contributed by atoms with E-state index in [1.54, 1.807) is 0 Å². The number of hydrogen-bond acceptors (Lipinski definition) is 4. The minimum Gasteiger partial charge on any atom is -0.383 e. The SMILES string of the molecule is CCCn1c(N)c(NC2CCC(C)CC2)c(=O)n(C)c1=O. The first kappa shape index (κ1) is 15.7. The van der Waals surface area contributed by atoms with Gasteiger partial charge in [0.05, 0.1) is 0 Å². The molecule has 0 bridgehead atoms. The van der Waals surface area contributed by atoms with Crippen LogP contribution in [0.3, 0.4) is 0 Å². The van der Waals surface area contributed by atoms with Gasteiger partial charge < -0.3 is 11.1 Å². The Morgan fingerprint density at radius 2 is 1.86 bits per heavy atom. The zero-order valence-corrected chi connectivity index (χ0v) is 13.2. The molecule has 3 N–H and O–H groups in total. The summed E-state index contributed by atoms with van der Waals surface area (Å²) in [5.41, 5.74) is 5.78. The second kappa shape index (κ2) is 6.37. The summed E-state index contributed by atoms with van der Waals surface area (Å²) in [6, 6.07) is 0.267. The van der Waals surface area contributed by atoms with E-state index in [9.17, 15) is 9.59 Å². The first-order valence-electron chi connectivity index (χ1n) is 7.81. The zero-order valence-electron chi connectivity index (χ0n) is 13.2. The van der Waals surface area contributed by atoms with E-state index in [0.29, 0.717) is 12.2 Å². The Balaban J connectivity index is 2.34. The summed E-state index contributed by atoms with van der Waals surface area (Å²) in [5.74, 6) is 1.01. The normalized spacial score (nSPS) is 22.2. The lowest BCUT2D eigenvalue weighted by atomic mass is 9.87. The Labute approximate surface area is 125 Å². The van der Waals surface area contributed by atoms with E-state index in [2.05, 4.69) is 12.2 Å². The van der Waals surface area contributed by atoms with Crippen LogP contribution in [0.25, 0.3) is 0 Å². The molecule has 2 rings (SSSR count). The molecule has 0 radical (unpaired) electrons. The third kappa shape index (κ3) is 3.14. The standard InChI is InChI=1S/C15H26N4O2/c1-4-9-19-13(16)12(14(20)18(3)15(19)21)17-11-7-5-10(2)6-8-11/h10-11,17H,4-9,16H2,1-3H3. The van der Waals surface area contributed by atoms with E-state index in [-0.39, 0.29) is 23.1 Å². The fourth-order valence-electron chi connectivity index (χ4n) is 2.97. The third-order valence-corrected chi connectivity index (χ3v) is 4.39. The molecule has 21 heavy (non-hydrogen) atoms. The molecule has 0 saturated heterocycles. The molecular formula is C15H26N4O2. The Hall–Kier alpha value is -1.72. The summed E-state index contributed by atoms with van der Waals surface area (Å²) in [4.78, 5) is 24.4. The monoisotopic (exact) mass is 294 g/mol. The molecule has 6 heteroatoms. The Morgan fingerprint density at radius 1 is 1.24 bits per heavy atom. The molecule has 0 aliphatic heterocycles. The molecular weight excluding hydrogens is 268 g/mol. The largest absolute Gasteiger partial charge is 0.383 e. The second-order valence-electron chi connectivity index (χ2n) is 6.16. The van der Waals surface area contributed by atoms with Crippen LogP contribution >= 0.6 is 0 Å². The number of hydrogen-bond donors (Lipinski definition) is 2. The van der Waals surface area contributed by atoms with Gasteiger partial charge in [-0.25, -0.2) is 4.79 Å². The molecule has 1 aliphatic carbocycles. The highest BCUT2D eigenvalue weighted by Gasteiger charge is 2.22. The van der Waals surface area contributed by atoms with E-state index in [1.165, 1.54) is 11.6 Å². The van der Waals surface area contributed by atoms with Crippen molar-refractivity contribution in [2.75, 3.05) is 11.1 Å². The highest BCUT2D eigenvalue weighted by Crippen LogP contribution is 2.26. The molecule has 0 atom stereocenters. The predicted molar refractivity (Wildman–Crippen MR) is 85.7 cm³/mol. The smallest absolute Gasteiger partial charge is 0.332 e. The minimum absolute atomic E-state index is 0.267. The summed E-state index contributed by atoms with van der Waals surface area (Å²) in [7, 11) is 1.50. The van der Waals surface area contributed by atoms with Crippen molar-refractivity contribution in [3.05, 3.63) is 20.8 Å². The highest BCUT2D eigenvalue weighted by molar-refractivity contribution is 5.61. The molecule has 0 unspecified atom stereocenters. The molecule has 1 aliphatic rings. The van der Waals surface area contributed by atoms with Gasteiger partial charge in [-0.3, -0.25) is 13.9 Å². The van der Waals surface area contributed by atoms with Gasteiger partial charge in [0, 0.05) is 19.6 Å². The minimum atomic E-state index is -0.345. The molecule has 1 saturated carbocycles. The summed E-state index contributed by atoms with van der Waals surface area (Å²) in [5, 5.41) is 3.29. The number of nitrogens with one attached hydrogen (secondary N) is 1. The van der Waals surface area contributed by atoms with Crippen LogP contribution in [0.1, 0.15) is 46.0 Å². The topological polar surface area (TPSA) is 82.0 Å². The predicted octanol–water partition coefficient (Wildman–Crippen LogP) is 1.53. The van der Waals surface area contributed by atoms with E-state index >= 15 is 0 Å². The van der Waals surface area contributed by atoms with Gasteiger partial charge in [0.15, 0.2) is 0 Å². The summed E-state index contributed by atoms with van der Waals surface area (Å²) < 4.78 is 2.62. The molecule has 1 fully saturated rings. The highest BCUT2D eigenvalue weighted by atomic mass is 16.2. The van der Waals surface area contributed by atoms with Gasteiger partial charge >= 0.3 is 5.69 Å². The van der Waals surface area contributed by atoms with Gasteiger partial charge in [-0.2, -0.15) is 0 Å². The number of rotatable bonds is 4. The van der Waals surface area contributed by atoms with Crippen LogP contribution in [0.2, 0.25) is 0 Å². The van der Waals surface area contributed by atoms with Crippen molar-refractivity contribution in [3.8, 4) is 0 Å². The van der Waals surface area contributed by atoms with Crippen LogP contribution in [0.15, 0.2) is 9.59 Å². The quantitative estimate of drug-likeness (QED) is 0.882. The van der Waals surface area contributed by atoms with Crippen molar-refractivity contribution >= 4 is 11.5 Å². The Morgan fingerprint density at radius 3 is 2.43 bits per heavy atom. The average molecular weight is 294 g/mol. The van der Waals surface area contributed by atoms with Gasteiger partial charge in [0.25, 0.3) is 5.56 Å². The van der Waals surface area contributed by atoms with E-state index in [1.807, 2.05) is 6.92 Å². The molecule has 0 spiro atoms. The van der Waals surface area contributed by atoms with Crippen LogP contribution < -0.4 is 22.3 Å². The molecule has 0 aromatic carbocycles. The first-order chi connectivity index (χ1) is 9.95. The number of nitrogens with zero attached hydrogens (tertiary/aromatic N) is 2. The van der Waals surface area contributed by atoms with E-state index in [0.717, 1.165) is 42.6 Å². The third-order valence-electron chi connectivity index (χ3n) is 4.39. The van der Waals surface area contributed by atoms with Crippen molar-refractivity contribution in [1.82, 2.24) is 9.13 Å². The van der Waals surface area contributed by atoms with Gasteiger partial charge in [0.2, 0.25) is 0 Å². The van der Waals surface area contributed by atoms with E-state index in [4.69, 9.17) is 5.73 Å². The molecule has 118 valence electrons. The van der Waals surface area contributed by atoms with Crippen LogP contribution in [0.5, 0.6) is 0 Å². The summed E-state index contributed by atoms with van der Waals surface area (Å²) >= 11 is 0. The van der Waals surface area contributed by atoms with Crippen LogP contribution in [0.4, 0.5) is 11.5 Å². The average Bonchev–Trinajstić information content (AvgIpc) is 2.48. The van der Waals surface area contributed by atoms with Gasteiger partial charge in [-0.15, -0.1) is 0 Å². The lowest BCUT2D eigenvalue weighted by Crippen LogP contribution is -2.42. The van der Waals surface area contributed by atoms with Gasteiger partial charge in [-0.1, -0.05) is 13.8 Å². The van der Waals surface area contributed by atoms with Crippen LogP contribution in [-0.2, 0) is 13.6 Å². The number of aromatic nitrogens is 2. The maximum Gasteiger partial charge on any atom is 0.332 e. The molecule has 1 heterocycles. The van der Waals surface area contributed by atoms with Gasteiger partial charge in [0.1, 0.15) is 11.5 Å². The number of nitrogen functional groups attached to an aromatic ring is 1. The van der Waals surface area contributed by atoms with E-state index < -0.39 is 0 Å². The first-order valence-corrected chi connectivity index (χ1v) is 7.81. The lowest BCUT2D eigenvalue weighted by Gasteiger charge is -2.28. The van der Waals surface area contributed by atoms with Crippen LogP contribution in [-0.4, -0.2) is 15.2 Å². The molecule has 0 amide bonds. The van der Waals surface area contributed by atoms with Crippen LogP contribution in [0, 0.1) is 5.92 Å². The summed E-state index contributed by atoms with van der Waals surface area (Å²) in [6.45, 7) is 4.76. The zero-order chi connectivity index (χ0) is 15.6. The van der Waals surface area contributed by atoms with Crippen molar-refractivity contribution in [3.63, 3.8) is 0 Å².